The first-order chi connectivity index (χ1) is 7.12. The van der Waals surface area contributed by atoms with E-state index in [9.17, 15) is 0 Å². The van der Waals surface area contributed by atoms with Crippen molar-refractivity contribution in [3.63, 3.8) is 0 Å². The molecular formula is H3Cl3O14. The van der Waals surface area contributed by atoms with Crippen LogP contribution in [-0.2, 0) is 8.88 Å². The van der Waals surface area contributed by atoms with Gasteiger partial charge in [0, 0.05) is 0 Å². The fourth-order valence-corrected chi connectivity index (χ4v) is 0. The van der Waals surface area contributed by atoms with Crippen LogP contribution in [0.25, 0.3) is 0 Å². The second-order valence-electron chi connectivity index (χ2n) is 1.29. The van der Waals surface area contributed by atoms with E-state index in [1.54, 1.807) is 0 Å². The fraction of sp³-hybridized carbons (Fsp3) is 0. The Hall–Kier alpha value is 0.310. The van der Waals surface area contributed by atoms with Crippen LogP contribution in [0, 0.1) is 30.7 Å². The van der Waals surface area contributed by atoms with E-state index in [0.717, 1.165) is 0 Å². The molecule has 14 nitrogen and oxygen atoms in total. The van der Waals surface area contributed by atoms with Gasteiger partial charge in [-0.25, -0.2) is 0 Å². The van der Waals surface area contributed by atoms with Gasteiger partial charge in [0.25, 0.3) is 8.88 Å². The zero-order valence-corrected chi connectivity index (χ0v) is 9.23. The molecule has 0 spiro atoms. The lowest BCUT2D eigenvalue weighted by Crippen LogP contribution is -2.60. The van der Waals surface area contributed by atoms with E-state index in [-0.39, 0.29) is 0 Å². The Bertz CT molecular complexity index is 136. The van der Waals surface area contributed by atoms with E-state index in [1.165, 1.54) is 0 Å². The van der Waals surface area contributed by atoms with Crippen LogP contribution in [0.15, 0.2) is 0 Å². The Labute approximate surface area is 97.4 Å². The Morgan fingerprint density at radius 3 is 0.647 bits per heavy atom. The average molecular weight is 333 g/mol. The average Bonchev–Trinajstić information content (AvgIpc) is 2.00. The summed E-state index contributed by atoms with van der Waals surface area (Å²) in [5.41, 5.74) is 0. The van der Waals surface area contributed by atoms with Crippen molar-refractivity contribution in [3.05, 3.63) is 0 Å². The fourth-order valence-electron chi connectivity index (χ4n) is 0. The highest BCUT2D eigenvalue weighted by molar-refractivity contribution is 2.49. The molecule has 0 aromatic heterocycles. The van der Waals surface area contributed by atoms with Crippen LogP contribution in [0.4, 0.5) is 0 Å². The van der Waals surface area contributed by atoms with E-state index in [1.807, 2.05) is 0 Å². The normalized spacial score (nSPS) is 12.0. The van der Waals surface area contributed by atoms with Crippen LogP contribution < -0.4 is 41.9 Å². The van der Waals surface area contributed by atoms with Crippen LogP contribution in [0.5, 0.6) is 0 Å². The van der Waals surface area contributed by atoms with Gasteiger partial charge in [-0.15, -0.1) is 10.5 Å². The minimum atomic E-state index is -4.69. The largest absolute Gasteiger partial charge is 0.261 e. The van der Waals surface area contributed by atoms with Gasteiger partial charge in [0.2, 0.25) is 0 Å². The van der Waals surface area contributed by atoms with Crippen LogP contribution in [-0.4, -0.2) is 15.2 Å². The van der Waals surface area contributed by atoms with E-state index in [2.05, 4.69) is 8.88 Å². The van der Waals surface area contributed by atoms with Crippen LogP contribution in [0.3, 0.4) is 0 Å². The van der Waals surface area contributed by atoms with Crippen molar-refractivity contribution < 1.29 is 96.7 Å². The summed E-state index contributed by atoms with van der Waals surface area (Å²) in [6, 6.07) is 0. The smallest absolute Gasteiger partial charge is 0.183 e. The van der Waals surface area contributed by atoms with Crippen molar-refractivity contribution in [3.8, 4) is 0 Å². The summed E-state index contributed by atoms with van der Waals surface area (Å²) in [7, 11) is -13.9. The summed E-state index contributed by atoms with van der Waals surface area (Å²) in [4.78, 5) is 0. The van der Waals surface area contributed by atoms with Crippen molar-refractivity contribution in [2.45, 2.75) is 0 Å². The van der Waals surface area contributed by atoms with Gasteiger partial charge in [0.15, 0.2) is 0 Å². The molecule has 3 N–H and O–H groups in total. The van der Waals surface area contributed by atoms with Gasteiger partial charge in [-0.1, -0.05) is 0 Å². The standard InChI is InChI=1S/2ClHO5.ClHO4/c2*2-1(3,4)6-5;2-1(3,4)5/h2*5H;(H,2,3,4,5). The van der Waals surface area contributed by atoms with Crippen molar-refractivity contribution in [1.29, 1.82) is 0 Å². The molecule has 0 saturated carbocycles. The third-order valence-corrected chi connectivity index (χ3v) is 0.507. The lowest BCUT2D eigenvalue weighted by atomic mass is 15.0. The Balaban J connectivity index is -0.000000174. The molecule has 0 aliphatic carbocycles. The molecule has 17 heavy (non-hydrogen) atoms. The quantitative estimate of drug-likeness (QED) is 0.312. The third-order valence-electron chi connectivity index (χ3n) is 0.169. The molecule has 0 unspecified atom stereocenters. The highest BCUT2D eigenvalue weighted by Gasteiger charge is 2.13. The second-order valence-corrected chi connectivity index (χ2v) is 3.87. The SMILES string of the molecule is [O-][Cl+3]([O-])([O-])O.[O-][Cl+3]([O-])([O-])OO.[O-][Cl+3]([O-])([O-])OO. The van der Waals surface area contributed by atoms with Crippen molar-refractivity contribution in [2.24, 2.45) is 0 Å². The highest BCUT2D eigenvalue weighted by Crippen LogP contribution is 1.77. The second kappa shape index (κ2) is 9.27. The van der Waals surface area contributed by atoms with Crippen molar-refractivity contribution in [1.82, 2.24) is 0 Å². The first-order valence-corrected chi connectivity index (χ1v) is 5.96. The number of hydrogen-bond donors (Lipinski definition) is 3. The molecule has 17 heteroatoms. The maximum absolute atomic E-state index is 8.94. The Morgan fingerprint density at radius 1 is 0.588 bits per heavy atom. The summed E-state index contributed by atoms with van der Waals surface area (Å²) >= 11 is 0. The molecule has 0 atom stereocenters. The van der Waals surface area contributed by atoms with Crippen molar-refractivity contribution in [2.75, 3.05) is 0 Å². The summed E-state index contributed by atoms with van der Waals surface area (Å²) < 4.78 is 91.0. The van der Waals surface area contributed by atoms with Gasteiger partial charge < -0.3 is 0 Å². The molecule has 0 aromatic rings. The van der Waals surface area contributed by atoms with Crippen LogP contribution in [0.1, 0.15) is 0 Å². The van der Waals surface area contributed by atoms with Gasteiger partial charge in [-0.05, 0) is 0 Å². The first kappa shape index (κ1) is 22.5. The zero-order valence-electron chi connectivity index (χ0n) is 6.97. The maximum atomic E-state index is 8.94. The monoisotopic (exact) mass is 332 g/mol. The summed E-state index contributed by atoms with van der Waals surface area (Å²) in [5.74, 6) is 0. The maximum Gasteiger partial charge on any atom is 0.261 e. The number of hydrogen-bond acceptors (Lipinski definition) is 14. The Morgan fingerprint density at radius 2 is 0.647 bits per heavy atom. The molecule has 0 bridgehead atoms. The van der Waals surface area contributed by atoms with E-state index in [4.69, 9.17) is 57.1 Å². The zero-order chi connectivity index (χ0) is 14.9. The molecule has 0 heterocycles. The topological polar surface area (TPSA) is 287 Å². The van der Waals surface area contributed by atoms with Crippen molar-refractivity contribution >= 4 is 0 Å². The van der Waals surface area contributed by atoms with Gasteiger partial charge in [0.05, 0.1) is 14.9 Å². The minimum Gasteiger partial charge on any atom is -0.183 e. The molecule has 0 radical (unpaired) electrons. The van der Waals surface area contributed by atoms with Crippen LogP contribution >= 0.6 is 0 Å². The summed E-state index contributed by atoms with van der Waals surface area (Å²) in [6.45, 7) is 0. The van der Waals surface area contributed by atoms with E-state index < -0.39 is 30.7 Å². The van der Waals surface area contributed by atoms with Gasteiger partial charge in [-0.3, -0.25) is 0 Å². The summed E-state index contributed by atoms with van der Waals surface area (Å²) in [6.07, 6.45) is 0. The van der Waals surface area contributed by atoms with Crippen LogP contribution in [0.2, 0.25) is 0 Å². The van der Waals surface area contributed by atoms with Gasteiger partial charge in [-0.2, -0.15) is 41.9 Å². The molecule has 0 rings (SSSR count). The predicted octanol–water partition coefficient (Wildman–Crippen LogP) is -11.4. The third kappa shape index (κ3) is 83.9. The molecule has 0 fully saturated rings. The van der Waals surface area contributed by atoms with Gasteiger partial charge in [0.1, 0.15) is 20.5 Å². The minimum absolute atomic E-state index is 2.33. The lowest BCUT2D eigenvalue weighted by Gasteiger charge is -2.04. The lowest BCUT2D eigenvalue weighted by molar-refractivity contribution is -1.93. The van der Waals surface area contributed by atoms with E-state index >= 15 is 0 Å². The van der Waals surface area contributed by atoms with Gasteiger partial charge >= 0.3 is 0 Å². The first-order valence-electron chi connectivity index (χ1n) is 2.23. The highest BCUT2D eigenvalue weighted by atomic mass is 35.7. The van der Waals surface area contributed by atoms with E-state index in [0.29, 0.717) is 0 Å². The number of halogens is 3. The Kier molecular flexibility index (Phi) is 12.3. The molecule has 0 aliphatic heterocycles. The molecule has 0 saturated heterocycles. The molecule has 0 amide bonds. The molecule has 0 aliphatic rings. The molecule has 108 valence electrons. The predicted molar refractivity (Wildman–Crippen MR) is 9.65 cm³/mol. The summed E-state index contributed by atoms with van der Waals surface area (Å²) in [5, 5.41) is 14.0. The number of rotatable bonds is 2. The molecule has 0 aromatic carbocycles. The molecular weight excluding hydrogens is 330 g/mol.